The molecule has 2 aliphatic rings. The number of carbonyl (C=O) groups is 2. The highest BCUT2D eigenvalue weighted by Crippen LogP contribution is 2.18. The Balaban J connectivity index is 1.39. The zero-order valence-corrected chi connectivity index (χ0v) is 12.9. The number of hydrogen-bond acceptors (Lipinski definition) is 4. The summed E-state index contributed by atoms with van der Waals surface area (Å²) >= 11 is 1.62. The second-order valence-corrected chi connectivity index (χ2v) is 6.79. The van der Waals surface area contributed by atoms with Crippen molar-refractivity contribution in [1.82, 2.24) is 15.1 Å². The van der Waals surface area contributed by atoms with Crippen molar-refractivity contribution in [1.29, 1.82) is 0 Å². The van der Waals surface area contributed by atoms with Crippen molar-refractivity contribution >= 4 is 23.2 Å². The summed E-state index contributed by atoms with van der Waals surface area (Å²) in [5.41, 5.74) is 0. The van der Waals surface area contributed by atoms with Crippen molar-refractivity contribution < 1.29 is 9.59 Å². The number of hydrogen-bond donors (Lipinski definition) is 1. The van der Waals surface area contributed by atoms with Gasteiger partial charge in [0.05, 0.1) is 13.0 Å². The Hall–Kier alpha value is -1.40. The largest absolute Gasteiger partial charge is 0.352 e. The summed E-state index contributed by atoms with van der Waals surface area (Å²) in [5, 5.41) is 5.00. The van der Waals surface area contributed by atoms with Crippen molar-refractivity contribution in [2.45, 2.75) is 25.3 Å². The molecule has 2 heterocycles. The highest BCUT2D eigenvalue weighted by Gasteiger charge is 2.26. The number of amides is 2. The van der Waals surface area contributed by atoms with Gasteiger partial charge in [-0.15, -0.1) is 11.3 Å². The molecule has 2 fully saturated rings. The average Bonchev–Trinajstić information content (AvgIpc) is 3.13. The average molecular weight is 307 g/mol. The number of nitrogens with one attached hydrogen (secondary N) is 1. The van der Waals surface area contributed by atoms with Gasteiger partial charge < -0.3 is 10.2 Å². The van der Waals surface area contributed by atoms with E-state index >= 15 is 0 Å². The monoisotopic (exact) mass is 307 g/mol. The van der Waals surface area contributed by atoms with Crippen LogP contribution < -0.4 is 5.32 Å². The van der Waals surface area contributed by atoms with Gasteiger partial charge in [-0.1, -0.05) is 6.07 Å². The molecule has 1 saturated heterocycles. The molecule has 0 bridgehead atoms. The van der Waals surface area contributed by atoms with E-state index in [4.69, 9.17) is 0 Å². The molecule has 1 saturated carbocycles. The molecule has 0 atom stereocenters. The first-order chi connectivity index (χ1) is 10.2. The zero-order valence-electron chi connectivity index (χ0n) is 12.1. The molecule has 1 aromatic rings. The van der Waals surface area contributed by atoms with Crippen LogP contribution >= 0.6 is 11.3 Å². The molecule has 114 valence electrons. The van der Waals surface area contributed by atoms with Crippen molar-refractivity contribution in [3.8, 4) is 0 Å². The molecule has 1 N–H and O–H groups in total. The Bertz CT molecular complexity index is 491. The van der Waals surface area contributed by atoms with Gasteiger partial charge in [-0.05, 0) is 24.3 Å². The number of carbonyl (C=O) groups excluding carboxylic acids is 2. The highest BCUT2D eigenvalue weighted by atomic mass is 32.1. The van der Waals surface area contributed by atoms with Crippen LogP contribution in [0.2, 0.25) is 0 Å². The van der Waals surface area contributed by atoms with Gasteiger partial charge in [0.15, 0.2) is 0 Å². The highest BCUT2D eigenvalue weighted by molar-refractivity contribution is 7.10. The number of nitrogens with zero attached hydrogens (tertiary/aromatic N) is 2. The third-order valence-electron chi connectivity index (χ3n) is 3.94. The van der Waals surface area contributed by atoms with Crippen LogP contribution in [0.5, 0.6) is 0 Å². The summed E-state index contributed by atoms with van der Waals surface area (Å²) < 4.78 is 0. The summed E-state index contributed by atoms with van der Waals surface area (Å²) in [5.74, 6) is 0.315. The quantitative estimate of drug-likeness (QED) is 0.872. The van der Waals surface area contributed by atoms with Crippen LogP contribution in [-0.2, 0) is 16.0 Å². The van der Waals surface area contributed by atoms with Crippen LogP contribution in [0, 0.1) is 0 Å². The molecule has 5 nitrogen and oxygen atoms in total. The Morgan fingerprint density at radius 2 is 2.00 bits per heavy atom. The first kappa shape index (κ1) is 14.5. The molecule has 0 unspecified atom stereocenters. The predicted molar refractivity (Wildman–Crippen MR) is 82.2 cm³/mol. The van der Waals surface area contributed by atoms with Gasteiger partial charge >= 0.3 is 0 Å². The van der Waals surface area contributed by atoms with E-state index < -0.39 is 0 Å². The molecule has 6 heteroatoms. The number of piperazine rings is 1. The van der Waals surface area contributed by atoms with E-state index in [1.54, 1.807) is 11.3 Å². The molecule has 2 amide bonds. The Labute approximate surface area is 128 Å². The van der Waals surface area contributed by atoms with Crippen molar-refractivity contribution in [3.05, 3.63) is 22.4 Å². The molecule has 3 rings (SSSR count). The minimum atomic E-state index is 0.121. The minimum absolute atomic E-state index is 0.121. The lowest BCUT2D eigenvalue weighted by atomic mass is 10.2. The number of rotatable bonds is 5. The van der Waals surface area contributed by atoms with Crippen LogP contribution in [0.4, 0.5) is 0 Å². The molecule has 1 aromatic heterocycles. The third kappa shape index (κ3) is 4.28. The molecule has 1 aliphatic carbocycles. The summed E-state index contributed by atoms with van der Waals surface area (Å²) in [4.78, 5) is 29.1. The molecular formula is C15H21N3O2S. The van der Waals surface area contributed by atoms with Crippen LogP contribution in [0.15, 0.2) is 17.5 Å². The first-order valence-corrected chi connectivity index (χ1v) is 8.40. The van der Waals surface area contributed by atoms with Crippen molar-refractivity contribution in [3.63, 3.8) is 0 Å². The molecule has 1 aliphatic heterocycles. The van der Waals surface area contributed by atoms with Crippen LogP contribution in [0.25, 0.3) is 0 Å². The van der Waals surface area contributed by atoms with Gasteiger partial charge in [-0.3, -0.25) is 14.5 Å². The van der Waals surface area contributed by atoms with Crippen LogP contribution in [0.3, 0.4) is 0 Å². The van der Waals surface area contributed by atoms with E-state index in [1.807, 2.05) is 22.4 Å². The summed E-state index contributed by atoms with van der Waals surface area (Å²) in [6.07, 6.45) is 2.74. The van der Waals surface area contributed by atoms with Gasteiger partial charge in [0.1, 0.15) is 0 Å². The molecule has 21 heavy (non-hydrogen) atoms. The maximum atomic E-state index is 12.2. The van der Waals surface area contributed by atoms with Gasteiger partial charge in [-0.2, -0.15) is 0 Å². The maximum Gasteiger partial charge on any atom is 0.234 e. The number of thiophene rings is 1. The van der Waals surface area contributed by atoms with Gasteiger partial charge in [-0.25, -0.2) is 0 Å². The fraction of sp³-hybridized carbons (Fsp3) is 0.600. The lowest BCUT2D eigenvalue weighted by Gasteiger charge is -2.34. The van der Waals surface area contributed by atoms with E-state index in [0.29, 0.717) is 19.0 Å². The van der Waals surface area contributed by atoms with E-state index in [2.05, 4.69) is 10.2 Å². The van der Waals surface area contributed by atoms with Gasteiger partial charge in [0.2, 0.25) is 11.8 Å². The van der Waals surface area contributed by atoms with E-state index in [0.717, 1.165) is 43.9 Å². The van der Waals surface area contributed by atoms with E-state index in [9.17, 15) is 9.59 Å². The third-order valence-corrected chi connectivity index (χ3v) is 4.82. The van der Waals surface area contributed by atoms with Crippen LogP contribution in [0.1, 0.15) is 17.7 Å². The smallest absolute Gasteiger partial charge is 0.234 e. The normalized spacial score (nSPS) is 19.5. The summed E-state index contributed by atoms with van der Waals surface area (Å²) in [7, 11) is 0. The molecule has 0 spiro atoms. The molecule has 0 radical (unpaired) electrons. The fourth-order valence-electron chi connectivity index (χ4n) is 2.53. The van der Waals surface area contributed by atoms with Crippen molar-refractivity contribution in [2.24, 2.45) is 0 Å². The second-order valence-electron chi connectivity index (χ2n) is 5.75. The fourth-order valence-corrected chi connectivity index (χ4v) is 3.23. The standard InChI is InChI=1S/C15H21N3O2S/c19-14(16-12-3-4-12)11-17-5-7-18(8-6-17)15(20)10-13-2-1-9-21-13/h1-2,9,12H,3-8,10-11H2,(H,16,19). The van der Waals surface area contributed by atoms with E-state index in [-0.39, 0.29) is 11.8 Å². The molecular weight excluding hydrogens is 286 g/mol. The Kier molecular flexibility index (Phi) is 4.55. The SMILES string of the molecule is O=C(CN1CCN(C(=O)Cc2cccs2)CC1)NC1CC1. The Morgan fingerprint density at radius 3 is 2.62 bits per heavy atom. The second kappa shape index (κ2) is 6.58. The minimum Gasteiger partial charge on any atom is -0.352 e. The summed E-state index contributed by atoms with van der Waals surface area (Å²) in [6, 6.07) is 4.40. The predicted octanol–water partition coefficient (Wildman–Crippen LogP) is 0.713. The van der Waals surface area contributed by atoms with Crippen molar-refractivity contribution in [2.75, 3.05) is 32.7 Å². The molecule has 0 aromatic carbocycles. The maximum absolute atomic E-state index is 12.2. The van der Waals surface area contributed by atoms with Gasteiger partial charge in [0.25, 0.3) is 0 Å². The topological polar surface area (TPSA) is 52.7 Å². The lowest BCUT2D eigenvalue weighted by molar-refractivity contribution is -0.132. The Morgan fingerprint density at radius 1 is 1.24 bits per heavy atom. The van der Waals surface area contributed by atoms with E-state index in [1.165, 1.54) is 0 Å². The summed E-state index contributed by atoms with van der Waals surface area (Å²) in [6.45, 7) is 3.48. The van der Waals surface area contributed by atoms with Gasteiger partial charge in [0, 0.05) is 37.1 Å². The first-order valence-electron chi connectivity index (χ1n) is 7.52. The lowest BCUT2D eigenvalue weighted by Crippen LogP contribution is -2.51. The zero-order chi connectivity index (χ0) is 14.7. The van der Waals surface area contributed by atoms with Crippen LogP contribution in [-0.4, -0.2) is 60.4 Å².